The Bertz CT molecular complexity index is 1380. The number of nitrogens with zero attached hydrogens (tertiary/aromatic N) is 2. The fraction of sp³-hybridized carbons (Fsp3) is 0.379. The molecule has 8 nitrogen and oxygen atoms in total. The van der Waals surface area contributed by atoms with Crippen LogP contribution in [0.15, 0.2) is 59.2 Å². The molecule has 2 aliphatic heterocycles. The lowest BCUT2D eigenvalue weighted by molar-refractivity contribution is -0.384. The molecule has 0 saturated carbocycles. The van der Waals surface area contributed by atoms with Gasteiger partial charge in [-0.3, -0.25) is 19.7 Å². The SMILES string of the molecule is CC/C(=C\c1ccc(O)cc1Cl)CC[C@H]1OC[C@H]2C1=C(C)C[C@H]1C(=O)N(c3cccc([N+](=O)[O-])c3)C(=O)[C@H]12. The zero-order chi connectivity index (χ0) is 27.1. The average molecular weight is 537 g/mol. The largest absolute Gasteiger partial charge is 0.508 e. The Hall–Kier alpha value is -3.49. The van der Waals surface area contributed by atoms with Gasteiger partial charge in [0.1, 0.15) is 5.75 Å². The molecule has 0 aromatic heterocycles. The molecule has 1 N–H and O–H groups in total. The van der Waals surface area contributed by atoms with E-state index in [1.807, 2.05) is 13.0 Å². The molecular formula is C29H29ClN2O6. The van der Waals surface area contributed by atoms with Crippen molar-refractivity contribution in [3.8, 4) is 5.75 Å². The van der Waals surface area contributed by atoms with Crippen LogP contribution in [0, 0.1) is 27.9 Å². The van der Waals surface area contributed by atoms with Crippen molar-refractivity contribution in [2.24, 2.45) is 17.8 Å². The van der Waals surface area contributed by atoms with Crippen molar-refractivity contribution in [3.63, 3.8) is 0 Å². The molecule has 198 valence electrons. The Morgan fingerprint density at radius 1 is 1.21 bits per heavy atom. The van der Waals surface area contributed by atoms with Gasteiger partial charge in [-0.15, -0.1) is 0 Å². The van der Waals surface area contributed by atoms with Crippen LogP contribution in [0.1, 0.15) is 45.1 Å². The van der Waals surface area contributed by atoms with Gasteiger partial charge in [0.05, 0.1) is 40.2 Å². The maximum atomic E-state index is 13.6. The minimum absolute atomic E-state index is 0.123. The van der Waals surface area contributed by atoms with E-state index in [0.717, 1.165) is 40.9 Å². The number of carbonyl (C=O) groups excluding carboxylic acids is 2. The summed E-state index contributed by atoms with van der Waals surface area (Å²) in [6.07, 6.45) is 4.74. The third-order valence-corrected chi connectivity index (χ3v) is 8.30. The van der Waals surface area contributed by atoms with Gasteiger partial charge in [0.15, 0.2) is 0 Å². The number of aromatic hydroxyl groups is 1. The van der Waals surface area contributed by atoms with E-state index < -0.39 is 16.8 Å². The number of non-ortho nitro benzene ring substituents is 1. The summed E-state index contributed by atoms with van der Waals surface area (Å²) in [5.74, 6) is -1.68. The quantitative estimate of drug-likeness (QED) is 0.199. The first kappa shape index (κ1) is 26.1. The van der Waals surface area contributed by atoms with Gasteiger partial charge >= 0.3 is 0 Å². The molecular weight excluding hydrogens is 508 g/mol. The van der Waals surface area contributed by atoms with Gasteiger partial charge in [-0.1, -0.05) is 41.8 Å². The van der Waals surface area contributed by atoms with Crippen molar-refractivity contribution < 1.29 is 24.4 Å². The lowest BCUT2D eigenvalue weighted by Crippen LogP contribution is -2.34. The predicted octanol–water partition coefficient (Wildman–Crippen LogP) is 6.07. The molecule has 0 unspecified atom stereocenters. The number of nitro benzene ring substituents is 1. The van der Waals surface area contributed by atoms with E-state index in [2.05, 4.69) is 6.92 Å². The number of phenolic OH excluding ortho intramolecular Hbond substituents is 1. The highest BCUT2D eigenvalue weighted by atomic mass is 35.5. The number of phenols is 1. The van der Waals surface area contributed by atoms with Crippen LogP contribution in [-0.2, 0) is 14.3 Å². The number of allylic oxidation sites excluding steroid dienone is 2. The summed E-state index contributed by atoms with van der Waals surface area (Å²) in [5.41, 5.74) is 4.32. The monoisotopic (exact) mass is 536 g/mol. The highest BCUT2D eigenvalue weighted by Crippen LogP contribution is 2.50. The number of hydrogen-bond acceptors (Lipinski definition) is 6. The number of halogens is 1. The van der Waals surface area contributed by atoms with E-state index in [1.165, 1.54) is 29.8 Å². The molecule has 0 radical (unpaired) electrons. The molecule has 0 bridgehead atoms. The normalized spacial score (nSPS) is 25.1. The summed E-state index contributed by atoms with van der Waals surface area (Å²) in [7, 11) is 0. The Morgan fingerprint density at radius 3 is 2.71 bits per heavy atom. The number of ether oxygens (including phenoxy) is 1. The lowest BCUT2D eigenvalue weighted by atomic mass is 9.70. The van der Waals surface area contributed by atoms with Crippen LogP contribution in [0.4, 0.5) is 11.4 Å². The molecule has 38 heavy (non-hydrogen) atoms. The van der Waals surface area contributed by atoms with E-state index >= 15 is 0 Å². The van der Waals surface area contributed by atoms with E-state index in [0.29, 0.717) is 18.1 Å². The highest BCUT2D eigenvalue weighted by Gasteiger charge is 2.56. The van der Waals surface area contributed by atoms with Crippen molar-refractivity contribution in [1.29, 1.82) is 0 Å². The number of carbonyl (C=O) groups is 2. The number of hydrogen-bond donors (Lipinski definition) is 1. The molecule has 3 aliphatic rings. The van der Waals surface area contributed by atoms with Crippen molar-refractivity contribution in [1.82, 2.24) is 0 Å². The van der Waals surface area contributed by atoms with Gasteiger partial charge in [-0.05, 0) is 68.0 Å². The summed E-state index contributed by atoms with van der Waals surface area (Å²) < 4.78 is 6.22. The molecule has 2 amide bonds. The van der Waals surface area contributed by atoms with Crippen LogP contribution in [0.25, 0.3) is 6.08 Å². The van der Waals surface area contributed by atoms with Gasteiger partial charge in [0.2, 0.25) is 11.8 Å². The third kappa shape index (κ3) is 4.63. The van der Waals surface area contributed by atoms with Crippen LogP contribution in [-0.4, -0.2) is 34.6 Å². The van der Waals surface area contributed by atoms with E-state index in [4.69, 9.17) is 16.3 Å². The maximum Gasteiger partial charge on any atom is 0.271 e. The molecule has 5 rings (SSSR count). The zero-order valence-electron chi connectivity index (χ0n) is 21.2. The topological polar surface area (TPSA) is 110 Å². The average Bonchev–Trinajstić information content (AvgIpc) is 3.42. The Kier molecular flexibility index (Phi) is 7.11. The maximum absolute atomic E-state index is 13.6. The molecule has 2 aromatic carbocycles. The first-order chi connectivity index (χ1) is 18.2. The fourth-order valence-corrected chi connectivity index (χ4v) is 6.38. The Labute approximate surface area is 225 Å². The van der Waals surface area contributed by atoms with Crippen LogP contribution in [0.5, 0.6) is 5.75 Å². The van der Waals surface area contributed by atoms with Gasteiger partial charge in [0, 0.05) is 18.1 Å². The van der Waals surface area contributed by atoms with E-state index in [-0.39, 0.29) is 41.0 Å². The molecule has 1 aliphatic carbocycles. The second-order valence-corrected chi connectivity index (χ2v) is 10.6. The van der Waals surface area contributed by atoms with Crippen LogP contribution >= 0.6 is 11.6 Å². The summed E-state index contributed by atoms with van der Waals surface area (Å²) in [6, 6.07) is 10.6. The standard InChI is InChI=1S/C29H29ClN2O6/c1-3-17(12-18-8-9-21(33)14-24(18)30)7-10-25-26-16(2)11-22-27(23(26)15-38-25)29(35)31(28(22)34)19-5-4-6-20(13-19)32(36)37/h4-6,8-9,12-14,22-23,25,27,33H,3,7,10-11,15H2,1-2H3/b17-12+/t22-,23+,25-,27-/m1/s1. The minimum Gasteiger partial charge on any atom is -0.508 e. The highest BCUT2D eigenvalue weighted by molar-refractivity contribution is 6.32. The van der Waals surface area contributed by atoms with Crippen molar-refractivity contribution in [2.75, 3.05) is 11.5 Å². The summed E-state index contributed by atoms with van der Waals surface area (Å²) in [4.78, 5) is 38.8. The molecule has 2 heterocycles. The van der Waals surface area contributed by atoms with E-state index in [1.54, 1.807) is 18.2 Å². The number of rotatable bonds is 7. The number of anilines is 1. The molecule has 2 saturated heterocycles. The number of nitro groups is 1. The zero-order valence-corrected chi connectivity index (χ0v) is 22.0. The van der Waals surface area contributed by atoms with Crippen molar-refractivity contribution in [2.45, 2.75) is 45.6 Å². The first-order valence-electron chi connectivity index (χ1n) is 12.8. The number of imide groups is 1. The van der Waals surface area contributed by atoms with Crippen LogP contribution in [0.2, 0.25) is 5.02 Å². The van der Waals surface area contributed by atoms with Gasteiger partial charge < -0.3 is 9.84 Å². The van der Waals surface area contributed by atoms with Gasteiger partial charge in [-0.25, -0.2) is 4.90 Å². The third-order valence-electron chi connectivity index (χ3n) is 7.98. The molecule has 4 atom stereocenters. The van der Waals surface area contributed by atoms with Crippen LogP contribution < -0.4 is 4.90 Å². The molecule has 9 heteroatoms. The number of amides is 2. The van der Waals surface area contributed by atoms with Crippen molar-refractivity contribution >= 4 is 40.9 Å². The predicted molar refractivity (Wildman–Crippen MR) is 144 cm³/mol. The van der Waals surface area contributed by atoms with Crippen LogP contribution in [0.3, 0.4) is 0 Å². The first-order valence-corrected chi connectivity index (χ1v) is 13.2. The molecule has 0 spiro atoms. The smallest absolute Gasteiger partial charge is 0.271 e. The van der Waals surface area contributed by atoms with Gasteiger partial charge in [-0.2, -0.15) is 0 Å². The number of fused-ring (bicyclic) bond motifs is 3. The summed E-state index contributed by atoms with van der Waals surface area (Å²) in [6.45, 7) is 4.47. The fourth-order valence-electron chi connectivity index (χ4n) is 6.15. The van der Waals surface area contributed by atoms with E-state index in [9.17, 15) is 24.8 Å². The number of benzene rings is 2. The second-order valence-electron chi connectivity index (χ2n) is 10.2. The minimum atomic E-state index is -0.532. The van der Waals surface area contributed by atoms with Crippen molar-refractivity contribution in [3.05, 3.63) is 79.9 Å². The molecule has 2 aromatic rings. The Balaban J connectivity index is 1.34. The molecule has 2 fully saturated rings. The summed E-state index contributed by atoms with van der Waals surface area (Å²) in [5, 5.41) is 21.4. The second kappa shape index (κ2) is 10.3. The van der Waals surface area contributed by atoms with Gasteiger partial charge in [0.25, 0.3) is 5.69 Å². The Morgan fingerprint density at radius 2 is 2.00 bits per heavy atom. The lowest BCUT2D eigenvalue weighted by Gasteiger charge is -2.30. The summed E-state index contributed by atoms with van der Waals surface area (Å²) >= 11 is 6.29.